The Morgan fingerprint density at radius 1 is 1.09 bits per heavy atom. The van der Waals surface area contributed by atoms with Crippen LogP contribution in [0.3, 0.4) is 0 Å². The maximum absolute atomic E-state index is 11.5. The zero-order valence-electron chi connectivity index (χ0n) is 16.6. The molecule has 160 valence electrons. The van der Waals surface area contributed by atoms with Crippen LogP contribution in [-0.4, -0.2) is 52.7 Å². The Hall–Kier alpha value is -4.80. The van der Waals surface area contributed by atoms with E-state index >= 15 is 0 Å². The Morgan fingerprint density at radius 2 is 1.78 bits per heavy atom. The molecule has 0 spiro atoms. The van der Waals surface area contributed by atoms with Gasteiger partial charge in [-0.05, 0) is 37.3 Å². The van der Waals surface area contributed by atoms with Crippen LogP contribution in [0, 0.1) is 6.92 Å². The lowest BCUT2D eigenvalue weighted by molar-refractivity contribution is 0.0696. The van der Waals surface area contributed by atoms with Crippen molar-refractivity contribution in [2.45, 2.75) is 6.92 Å². The molecule has 0 saturated carbocycles. The first-order chi connectivity index (χ1) is 15.3. The van der Waals surface area contributed by atoms with Crippen LogP contribution in [-0.2, 0) is 0 Å². The van der Waals surface area contributed by atoms with Gasteiger partial charge in [0.15, 0.2) is 5.65 Å². The van der Waals surface area contributed by atoms with Crippen LogP contribution in [0.15, 0.2) is 53.9 Å². The van der Waals surface area contributed by atoms with Gasteiger partial charge in [-0.2, -0.15) is 5.10 Å². The number of hydrogen-bond acceptors (Lipinski definition) is 8. The number of aryl methyl sites for hydroxylation is 1. The number of carboxylic acid groups (broad SMARTS) is 2. The predicted molar refractivity (Wildman–Crippen MR) is 113 cm³/mol. The van der Waals surface area contributed by atoms with Crippen molar-refractivity contribution < 1.29 is 24.9 Å². The Kier molecular flexibility index (Phi) is 4.99. The van der Waals surface area contributed by atoms with Gasteiger partial charge in [0.05, 0.1) is 39.2 Å². The number of pyridine rings is 2. The second-order valence-corrected chi connectivity index (χ2v) is 6.80. The molecule has 0 aliphatic heterocycles. The second-order valence-electron chi connectivity index (χ2n) is 6.80. The van der Waals surface area contributed by atoms with E-state index < -0.39 is 11.9 Å². The molecule has 11 heteroatoms. The number of benzene rings is 1. The van der Waals surface area contributed by atoms with Crippen LogP contribution in [0.4, 0.5) is 0 Å². The summed E-state index contributed by atoms with van der Waals surface area (Å²) >= 11 is 0. The average Bonchev–Trinajstić information content (AvgIpc) is 3.20. The first-order valence-corrected chi connectivity index (χ1v) is 9.20. The van der Waals surface area contributed by atoms with Crippen LogP contribution >= 0.6 is 0 Å². The number of aromatic carboxylic acids is 2. The van der Waals surface area contributed by atoms with Gasteiger partial charge in [-0.1, -0.05) is 6.07 Å². The maximum Gasteiger partial charge on any atom is 0.335 e. The summed E-state index contributed by atoms with van der Waals surface area (Å²) in [6.07, 6.45) is 3.04. The van der Waals surface area contributed by atoms with E-state index in [1.165, 1.54) is 23.0 Å². The molecule has 0 bridgehead atoms. The summed E-state index contributed by atoms with van der Waals surface area (Å²) in [4.78, 5) is 31.4. The number of aromatic hydroxyl groups is 1. The first-order valence-electron chi connectivity index (χ1n) is 9.20. The monoisotopic (exact) mass is 432 g/mol. The average molecular weight is 432 g/mol. The molecule has 4 aromatic rings. The minimum absolute atomic E-state index is 0.169. The fraction of sp³-hybridized carbons (Fsp3) is 0.0476. The summed E-state index contributed by atoms with van der Waals surface area (Å²) in [6, 6.07) is 8.75. The third-order valence-electron chi connectivity index (χ3n) is 4.77. The molecule has 11 nitrogen and oxygen atoms in total. The van der Waals surface area contributed by atoms with Crippen molar-refractivity contribution in [1.82, 2.24) is 19.7 Å². The van der Waals surface area contributed by atoms with Crippen molar-refractivity contribution in [3.63, 3.8) is 0 Å². The SMILES string of the molecule is Cc1nc2nn(-c3cc(C(=O)O)cc(C(=O)O)c3)cc2c(C(=NN)c2ccccn2)c1O. The molecule has 0 unspecified atom stereocenters. The van der Waals surface area contributed by atoms with Gasteiger partial charge in [0.2, 0.25) is 0 Å². The Bertz CT molecular complexity index is 1380. The van der Waals surface area contributed by atoms with Crippen molar-refractivity contribution in [3.8, 4) is 11.4 Å². The lowest BCUT2D eigenvalue weighted by atomic mass is 10.0. The molecule has 0 saturated heterocycles. The van der Waals surface area contributed by atoms with Crippen molar-refractivity contribution in [2.75, 3.05) is 0 Å². The van der Waals surface area contributed by atoms with E-state index in [0.29, 0.717) is 11.1 Å². The molecule has 0 radical (unpaired) electrons. The normalized spacial score (nSPS) is 11.6. The molecule has 0 aliphatic rings. The molecule has 0 aliphatic carbocycles. The van der Waals surface area contributed by atoms with Crippen molar-refractivity contribution in [1.29, 1.82) is 0 Å². The van der Waals surface area contributed by atoms with Crippen molar-refractivity contribution in [3.05, 3.63) is 76.9 Å². The largest absolute Gasteiger partial charge is 0.505 e. The van der Waals surface area contributed by atoms with E-state index in [1.807, 2.05) is 0 Å². The molecule has 32 heavy (non-hydrogen) atoms. The molecule has 0 atom stereocenters. The third-order valence-corrected chi connectivity index (χ3v) is 4.77. The first kappa shape index (κ1) is 20.5. The summed E-state index contributed by atoms with van der Waals surface area (Å²) in [5, 5.41) is 38.0. The zero-order valence-corrected chi connectivity index (χ0v) is 16.6. The molecular weight excluding hydrogens is 416 g/mol. The van der Waals surface area contributed by atoms with E-state index in [-0.39, 0.29) is 45.2 Å². The molecule has 4 rings (SSSR count). The highest BCUT2D eigenvalue weighted by atomic mass is 16.4. The van der Waals surface area contributed by atoms with E-state index in [2.05, 4.69) is 20.2 Å². The quantitative estimate of drug-likeness (QED) is 0.208. The number of nitrogens with two attached hydrogens (primary N) is 1. The van der Waals surface area contributed by atoms with Crippen LogP contribution in [0.25, 0.3) is 16.7 Å². The van der Waals surface area contributed by atoms with E-state index in [4.69, 9.17) is 5.84 Å². The topological polar surface area (TPSA) is 177 Å². The fourth-order valence-electron chi connectivity index (χ4n) is 3.27. The van der Waals surface area contributed by atoms with Crippen molar-refractivity contribution in [2.24, 2.45) is 10.9 Å². The van der Waals surface area contributed by atoms with Gasteiger partial charge >= 0.3 is 11.9 Å². The van der Waals surface area contributed by atoms with E-state index in [0.717, 1.165) is 6.07 Å². The number of carboxylic acids is 2. The van der Waals surface area contributed by atoms with Crippen LogP contribution in [0.5, 0.6) is 5.75 Å². The van der Waals surface area contributed by atoms with Gasteiger partial charge in [-0.3, -0.25) is 4.98 Å². The summed E-state index contributed by atoms with van der Waals surface area (Å²) in [7, 11) is 0. The molecular formula is C21H16N6O5. The molecule has 0 fully saturated rings. The summed E-state index contributed by atoms with van der Waals surface area (Å²) in [6.45, 7) is 1.58. The standard InChI is InChI=1S/C21H16N6O5/c1-10-18(28)16(17(25-22)15-4-2-3-5-23-15)14-9-27(26-19(14)24-10)13-7-11(20(29)30)6-12(8-13)21(31)32/h2-9,28H,22H2,1H3,(H,29,30)(H,31,32). The van der Waals surface area contributed by atoms with Gasteiger partial charge in [0, 0.05) is 12.4 Å². The predicted octanol–water partition coefficient (Wildman–Crippen LogP) is 1.94. The zero-order chi connectivity index (χ0) is 23.0. The smallest absolute Gasteiger partial charge is 0.335 e. The number of carbonyl (C=O) groups is 2. The van der Waals surface area contributed by atoms with Gasteiger partial charge in [-0.25, -0.2) is 19.3 Å². The maximum atomic E-state index is 11.5. The van der Waals surface area contributed by atoms with Gasteiger partial charge < -0.3 is 21.2 Å². The number of hydrazone groups is 1. The number of hydrogen-bond donors (Lipinski definition) is 4. The number of aromatic nitrogens is 4. The lowest BCUT2D eigenvalue weighted by Gasteiger charge is -2.09. The number of nitrogens with zero attached hydrogens (tertiary/aromatic N) is 5. The second kappa shape index (κ2) is 7.80. The molecule has 3 aromatic heterocycles. The minimum Gasteiger partial charge on any atom is -0.505 e. The molecule has 5 N–H and O–H groups in total. The summed E-state index contributed by atoms with van der Waals surface area (Å²) in [5.74, 6) is 2.89. The van der Waals surface area contributed by atoms with E-state index in [1.54, 1.807) is 31.3 Å². The fourth-order valence-corrected chi connectivity index (χ4v) is 3.27. The molecule has 0 amide bonds. The highest BCUT2D eigenvalue weighted by Gasteiger charge is 2.22. The van der Waals surface area contributed by atoms with Crippen LogP contribution in [0.1, 0.15) is 37.7 Å². The summed E-state index contributed by atoms with van der Waals surface area (Å²) in [5.41, 5.74) is 1.08. The molecule has 1 aromatic carbocycles. The van der Waals surface area contributed by atoms with Crippen molar-refractivity contribution >= 4 is 28.7 Å². The number of fused-ring (bicyclic) bond motifs is 1. The summed E-state index contributed by atoms with van der Waals surface area (Å²) < 4.78 is 1.28. The van der Waals surface area contributed by atoms with Crippen LogP contribution < -0.4 is 5.84 Å². The third kappa shape index (κ3) is 3.47. The Morgan fingerprint density at radius 3 is 2.34 bits per heavy atom. The highest BCUT2D eigenvalue weighted by Crippen LogP contribution is 2.31. The van der Waals surface area contributed by atoms with Gasteiger partial charge in [0.25, 0.3) is 0 Å². The Balaban J connectivity index is 1.98. The van der Waals surface area contributed by atoms with E-state index in [9.17, 15) is 24.9 Å². The minimum atomic E-state index is -1.29. The van der Waals surface area contributed by atoms with Gasteiger partial charge in [-0.15, -0.1) is 5.10 Å². The van der Waals surface area contributed by atoms with Crippen LogP contribution in [0.2, 0.25) is 0 Å². The van der Waals surface area contributed by atoms with Gasteiger partial charge in [0.1, 0.15) is 11.5 Å². The Labute approximate surface area is 180 Å². The lowest BCUT2D eigenvalue weighted by Crippen LogP contribution is -2.10. The highest BCUT2D eigenvalue weighted by molar-refractivity contribution is 6.19. The molecule has 3 heterocycles. The number of rotatable bonds is 5.